The van der Waals surface area contributed by atoms with Crippen LogP contribution < -0.4 is 5.32 Å². The summed E-state index contributed by atoms with van der Waals surface area (Å²) in [5.41, 5.74) is 9.60. The van der Waals surface area contributed by atoms with Crippen molar-refractivity contribution in [2.24, 2.45) is 10.8 Å². The Balaban J connectivity index is 1.81. The van der Waals surface area contributed by atoms with Crippen LogP contribution in [-0.4, -0.2) is 16.8 Å². The summed E-state index contributed by atoms with van der Waals surface area (Å²) in [7, 11) is 0. The molecule has 0 fully saturated rings. The van der Waals surface area contributed by atoms with Crippen LogP contribution in [-0.2, 0) is 15.6 Å². The number of amides is 1. The van der Waals surface area contributed by atoms with E-state index in [1.165, 1.54) is 0 Å². The van der Waals surface area contributed by atoms with Gasteiger partial charge in [-0.15, -0.1) is 6.42 Å². The molecule has 1 aliphatic rings. The molecular formula is C55H60INO3. The molecule has 310 valence electrons. The summed E-state index contributed by atoms with van der Waals surface area (Å²) in [5.74, 6) is 9.90. The van der Waals surface area contributed by atoms with Crippen molar-refractivity contribution < 1.29 is 14.7 Å². The van der Waals surface area contributed by atoms with E-state index >= 15 is 0 Å². The molecule has 4 aromatic rings. The van der Waals surface area contributed by atoms with Crippen LogP contribution in [0.3, 0.4) is 0 Å². The number of phenolic OH excluding ortho intramolecular Hbond substituents is 1. The molecule has 0 unspecified atom stereocenters. The highest BCUT2D eigenvalue weighted by Crippen LogP contribution is 2.46. The zero-order valence-electron chi connectivity index (χ0n) is 37.9. The number of terminal acetylenes is 1. The minimum atomic E-state index is -0.434. The van der Waals surface area contributed by atoms with Gasteiger partial charge in [0.1, 0.15) is 5.75 Å². The maximum absolute atomic E-state index is 14.2. The number of benzene rings is 4. The van der Waals surface area contributed by atoms with Crippen molar-refractivity contribution in [3.05, 3.63) is 161 Å². The molecule has 0 aromatic heterocycles. The number of halogens is 1. The molecule has 0 aliphatic heterocycles. The third-order valence-electron chi connectivity index (χ3n) is 11.0. The second-order valence-corrected chi connectivity index (χ2v) is 21.4. The van der Waals surface area contributed by atoms with E-state index in [-0.39, 0.29) is 28.6 Å². The lowest BCUT2D eigenvalue weighted by Gasteiger charge is -2.33. The number of aromatic hydroxyl groups is 1. The number of allylic oxidation sites excluding steroid dienone is 5. The largest absolute Gasteiger partial charge is 0.507 e. The maximum Gasteiger partial charge on any atom is 0.251 e. The second-order valence-electron chi connectivity index (χ2n) is 20.1. The van der Waals surface area contributed by atoms with Crippen LogP contribution in [0, 0.1) is 45.5 Å². The first-order valence-corrected chi connectivity index (χ1v) is 21.7. The first-order valence-electron chi connectivity index (χ1n) is 20.6. The van der Waals surface area contributed by atoms with E-state index in [4.69, 9.17) is 6.42 Å². The Morgan fingerprint density at radius 2 is 1.22 bits per heavy atom. The molecule has 0 radical (unpaired) electrons. The van der Waals surface area contributed by atoms with E-state index in [1.807, 2.05) is 80.6 Å². The molecule has 1 amide bonds. The molecule has 5 heteroatoms. The number of phenols is 1. The van der Waals surface area contributed by atoms with Gasteiger partial charge >= 0.3 is 0 Å². The monoisotopic (exact) mass is 909 g/mol. The predicted octanol–water partition coefficient (Wildman–Crippen LogP) is 13.1. The van der Waals surface area contributed by atoms with Gasteiger partial charge in [-0.1, -0.05) is 131 Å². The number of Topliss-reactive ketones (excluding diaryl/α,β-unsaturated/α-hetero) is 1. The number of rotatable bonds is 5. The highest BCUT2D eigenvalue weighted by atomic mass is 127. The summed E-state index contributed by atoms with van der Waals surface area (Å²) in [4.78, 5) is 27.7. The van der Waals surface area contributed by atoms with Gasteiger partial charge in [-0.2, -0.15) is 0 Å². The van der Waals surface area contributed by atoms with Crippen LogP contribution in [0.25, 0.3) is 5.57 Å². The van der Waals surface area contributed by atoms with E-state index in [0.29, 0.717) is 22.4 Å². The SMILES string of the molecule is C#Cc1cc(C(=C2C=C(C(C)(C)C)C(=O)C(C(C)(C)C)=C2)c2cc(C(C)(C)C)c(O)c(C(C)(C)C)c2)cc(C#Cc2cc(I)cc(C(=O)N[C@H](C)c3ccccc3)c2)c1C. The quantitative estimate of drug-likeness (QED) is 0.155. The highest BCUT2D eigenvalue weighted by Gasteiger charge is 2.36. The summed E-state index contributed by atoms with van der Waals surface area (Å²) in [6, 6.07) is 23.7. The molecule has 1 aliphatic carbocycles. The molecule has 4 aromatic carbocycles. The van der Waals surface area contributed by atoms with E-state index in [0.717, 1.165) is 64.8 Å². The third kappa shape index (κ3) is 10.2. The Bertz CT molecular complexity index is 2500. The van der Waals surface area contributed by atoms with Crippen LogP contribution in [0.2, 0.25) is 0 Å². The standard InChI is InChI=1S/C55H60INO3/c1-16-36-26-39(27-38(33(36)2)23-22-35-24-42(28-43(56)25-35)51(60)57-34(3)37-20-18-17-19-21-37)48(40-29-44(52(4,5)6)49(58)45(30-40)53(7,8)9)41-31-46(54(10,11)12)50(59)47(32-41)55(13,14)15/h1,17-21,24-32,34,58H,2-15H3,(H,57,60)/t34-/m1/s1. The number of nitrogens with one attached hydrogen (secondary N) is 1. The Kier molecular flexibility index (Phi) is 13.1. The lowest BCUT2D eigenvalue weighted by Crippen LogP contribution is -2.28. The zero-order valence-corrected chi connectivity index (χ0v) is 40.0. The van der Waals surface area contributed by atoms with Gasteiger partial charge in [0, 0.05) is 48.1 Å². The molecule has 0 bridgehead atoms. The number of ketones is 1. The summed E-state index contributed by atoms with van der Waals surface area (Å²) in [5, 5.41) is 15.0. The summed E-state index contributed by atoms with van der Waals surface area (Å²) in [6.07, 6.45) is 10.4. The molecule has 0 heterocycles. The van der Waals surface area contributed by atoms with E-state index in [2.05, 4.69) is 147 Å². The molecule has 5 rings (SSSR count). The molecule has 0 spiro atoms. The van der Waals surface area contributed by atoms with Gasteiger partial charge < -0.3 is 10.4 Å². The van der Waals surface area contributed by atoms with Crippen molar-refractivity contribution in [2.45, 2.75) is 114 Å². The summed E-state index contributed by atoms with van der Waals surface area (Å²) < 4.78 is 0.894. The molecule has 2 N–H and O–H groups in total. The minimum absolute atomic E-state index is 0.0504. The van der Waals surface area contributed by atoms with Crippen LogP contribution in [0.15, 0.2) is 102 Å². The van der Waals surface area contributed by atoms with Gasteiger partial charge in [0.2, 0.25) is 0 Å². The van der Waals surface area contributed by atoms with Gasteiger partial charge in [0.05, 0.1) is 6.04 Å². The van der Waals surface area contributed by atoms with E-state index in [1.54, 1.807) is 0 Å². The van der Waals surface area contributed by atoms with Crippen LogP contribution in [0.4, 0.5) is 0 Å². The molecule has 1 atom stereocenters. The highest BCUT2D eigenvalue weighted by molar-refractivity contribution is 14.1. The lowest BCUT2D eigenvalue weighted by atomic mass is 9.70. The normalized spacial score (nSPS) is 14.0. The van der Waals surface area contributed by atoms with Crippen molar-refractivity contribution >= 4 is 39.9 Å². The smallest absolute Gasteiger partial charge is 0.251 e. The van der Waals surface area contributed by atoms with Crippen molar-refractivity contribution in [2.75, 3.05) is 0 Å². The van der Waals surface area contributed by atoms with Gasteiger partial charge in [-0.25, -0.2) is 0 Å². The topological polar surface area (TPSA) is 66.4 Å². The van der Waals surface area contributed by atoms with Crippen molar-refractivity contribution in [1.82, 2.24) is 5.32 Å². The van der Waals surface area contributed by atoms with Gasteiger partial charge in [-0.3, -0.25) is 9.59 Å². The number of carbonyl (C=O) groups is 2. The van der Waals surface area contributed by atoms with Crippen molar-refractivity contribution in [1.29, 1.82) is 0 Å². The van der Waals surface area contributed by atoms with Crippen molar-refractivity contribution in [3.8, 4) is 29.9 Å². The molecule has 4 nitrogen and oxygen atoms in total. The van der Waals surface area contributed by atoms with Crippen LogP contribution >= 0.6 is 22.6 Å². The van der Waals surface area contributed by atoms with Gasteiger partial charge in [0.15, 0.2) is 5.78 Å². The number of carbonyl (C=O) groups excluding carboxylic acids is 2. The average Bonchev–Trinajstić information content (AvgIpc) is 3.14. The van der Waals surface area contributed by atoms with Crippen molar-refractivity contribution in [3.63, 3.8) is 0 Å². The number of hydrogen-bond acceptors (Lipinski definition) is 3. The number of hydrogen-bond donors (Lipinski definition) is 2. The van der Waals surface area contributed by atoms with Gasteiger partial charge in [0.25, 0.3) is 5.91 Å². The Morgan fingerprint density at radius 1 is 0.700 bits per heavy atom. The van der Waals surface area contributed by atoms with Crippen LogP contribution in [0.5, 0.6) is 5.75 Å². The minimum Gasteiger partial charge on any atom is -0.507 e. The molecule has 60 heavy (non-hydrogen) atoms. The summed E-state index contributed by atoms with van der Waals surface area (Å²) >= 11 is 2.23. The van der Waals surface area contributed by atoms with E-state index in [9.17, 15) is 14.7 Å². The summed E-state index contributed by atoms with van der Waals surface area (Å²) in [6.45, 7) is 29.1. The first-order chi connectivity index (χ1) is 27.7. The fraction of sp³-hybridized carbons (Fsp3) is 0.345. The fourth-order valence-corrected chi connectivity index (χ4v) is 8.16. The second kappa shape index (κ2) is 17.1. The Morgan fingerprint density at radius 3 is 1.72 bits per heavy atom. The average molecular weight is 910 g/mol. The third-order valence-corrected chi connectivity index (χ3v) is 11.6. The Labute approximate surface area is 373 Å². The Hall–Kier alpha value is -5.11. The first kappa shape index (κ1) is 46.0. The van der Waals surface area contributed by atoms with E-state index < -0.39 is 10.8 Å². The fourth-order valence-electron chi connectivity index (χ4n) is 7.49. The van der Waals surface area contributed by atoms with Gasteiger partial charge in [-0.05, 0) is 146 Å². The van der Waals surface area contributed by atoms with Crippen LogP contribution in [0.1, 0.15) is 156 Å². The zero-order chi connectivity index (χ0) is 44.7. The predicted molar refractivity (Wildman–Crippen MR) is 258 cm³/mol. The lowest BCUT2D eigenvalue weighted by molar-refractivity contribution is -0.114. The maximum atomic E-state index is 14.2. The molecule has 0 saturated heterocycles. The molecule has 0 saturated carbocycles. The molecular weight excluding hydrogens is 850 g/mol.